The van der Waals surface area contributed by atoms with Crippen LogP contribution < -0.4 is 9.64 Å². The summed E-state index contributed by atoms with van der Waals surface area (Å²) >= 11 is 1.26. The number of rotatable bonds is 5. The average Bonchev–Trinajstić information content (AvgIpc) is 3.37. The molecule has 1 aliphatic rings. The predicted molar refractivity (Wildman–Crippen MR) is 140 cm³/mol. The summed E-state index contributed by atoms with van der Waals surface area (Å²) in [7, 11) is 1.57. The number of hydrogen-bond acceptors (Lipinski definition) is 8. The van der Waals surface area contributed by atoms with E-state index in [1.807, 2.05) is 19.1 Å². The minimum Gasteiger partial charge on any atom is -0.507 e. The number of benzene rings is 3. The average molecular weight is 516 g/mol. The van der Waals surface area contributed by atoms with Crippen LogP contribution in [0.15, 0.2) is 66.2 Å². The van der Waals surface area contributed by atoms with E-state index in [2.05, 4.69) is 4.98 Å². The predicted octanol–water partition coefficient (Wildman–Crippen LogP) is 5.46. The molecule has 2 heterocycles. The van der Waals surface area contributed by atoms with Crippen LogP contribution in [-0.2, 0) is 9.59 Å². The van der Waals surface area contributed by atoms with Crippen LogP contribution in [0.3, 0.4) is 0 Å². The standard InChI is InChI=1S/C27H21N3O6S/c1-14-15(2)37-27(28-14)29-23(16-6-9-20(10-7-16)30(34)35)22(25(32)26(29)33)24(31)19-5-4-18-13-21(36-3)11-8-17(18)12-19/h4-13,23,31H,1-3H3/b24-22+. The van der Waals surface area contributed by atoms with Crippen LogP contribution in [0.25, 0.3) is 16.5 Å². The lowest BCUT2D eigenvalue weighted by molar-refractivity contribution is -0.384. The van der Waals surface area contributed by atoms with Gasteiger partial charge in [0.25, 0.3) is 11.5 Å². The molecule has 4 aromatic rings. The number of aliphatic hydroxyl groups excluding tert-OH is 1. The molecule has 1 aliphatic heterocycles. The lowest BCUT2D eigenvalue weighted by Gasteiger charge is -2.23. The number of nitro benzene ring substituents is 1. The van der Waals surface area contributed by atoms with Crippen molar-refractivity contribution >= 4 is 50.4 Å². The first kappa shape index (κ1) is 24.1. The van der Waals surface area contributed by atoms with Crippen molar-refractivity contribution in [3.63, 3.8) is 0 Å². The number of methoxy groups -OCH3 is 1. The summed E-state index contributed by atoms with van der Waals surface area (Å²) in [6.07, 6.45) is 0. The Kier molecular flexibility index (Phi) is 5.96. The molecule has 0 bridgehead atoms. The molecule has 9 nitrogen and oxygen atoms in total. The molecular weight excluding hydrogens is 494 g/mol. The summed E-state index contributed by atoms with van der Waals surface area (Å²) in [5, 5.41) is 24.6. The number of aliphatic hydroxyl groups is 1. The number of carbonyl (C=O) groups is 2. The Balaban J connectivity index is 1.70. The molecule has 1 N–H and O–H groups in total. The van der Waals surface area contributed by atoms with E-state index < -0.39 is 22.7 Å². The lowest BCUT2D eigenvalue weighted by atomic mass is 9.94. The highest BCUT2D eigenvalue weighted by molar-refractivity contribution is 7.16. The first-order valence-electron chi connectivity index (χ1n) is 11.3. The number of fused-ring (bicyclic) bond motifs is 1. The molecule has 5 rings (SSSR count). The van der Waals surface area contributed by atoms with Gasteiger partial charge in [-0.1, -0.05) is 18.2 Å². The molecule has 0 saturated carbocycles. The van der Waals surface area contributed by atoms with Crippen LogP contribution in [0, 0.1) is 24.0 Å². The van der Waals surface area contributed by atoms with E-state index in [1.54, 1.807) is 38.3 Å². The molecule has 10 heteroatoms. The number of nitro groups is 1. The van der Waals surface area contributed by atoms with Crippen LogP contribution in [0.2, 0.25) is 0 Å². The van der Waals surface area contributed by atoms with Crippen molar-refractivity contribution in [2.75, 3.05) is 12.0 Å². The van der Waals surface area contributed by atoms with Gasteiger partial charge >= 0.3 is 5.91 Å². The summed E-state index contributed by atoms with van der Waals surface area (Å²) in [6, 6.07) is 15.2. The van der Waals surface area contributed by atoms with E-state index in [4.69, 9.17) is 4.74 Å². The van der Waals surface area contributed by atoms with Gasteiger partial charge in [-0.05, 0) is 60.5 Å². The Morgan fingerprint density at radius 2 is 1.73 bits per heavy atom. The topological polar surface area (TPSA) is 123 Å². The SMILES string of the molecule is COc1ccc2cc(/C(O)=C3\C(=O)C(=O)N(c4nc(C)c(C)s4)C3c3ccc([N+](=O)[O-])cc3)ccc2c1. The van der Waals surface area contributed by atoms with Crippen LogP contribution in [0.5, 0.6) is 5.75 Å². The second kappa shape index (κ2) is 9.14. The number of Topliss-reactive ketones (excluding diaryl/α,β-unsaturated/α-hetero) is 1. The molecule has 1 aromatic heterocycles. The van der Waals surface area contributed by atoms with Crippen molar-refractivity contribution in [1.82, 2.24) is 4.98 Å². The number of aromatic nitrogens is 1. The third kappa shape index (κ3) is 4.11. The summed E-state index contributed by atoms with van der Waals surface area (Å²) in [5.41, 5.74) is 1.26. The van der Waals surface area contributed by atoms with E-state index in [0.29, 0.717) is 27.7 Å². The van der Waals surface area contributed by atoms with Crippen LogP contribution >= 0.6 is 11.3 Å². The van der Waals surface area contributed by atoms with Gasteiger partial charge in [0.15, 0.2) is 5.13 Å². The number of ether oxygens (including phenoxy) is 1. The minimum atomic E-state index is -1.02. The second-order valence-corrected chi connectivity index (χ2v) is 9.77. The number of nitrogens with zero attached hydrogens (tertiary/aromatic N) is 3. The summed E-state index contributed by atoms with van der Waals surface area (Å²) in [6.45, 7) is 3.66. The zero-order chi connectivity index (χ0) is 26.4. The molecule has 0 radical (unpaired) electrons. The van der Waals surface area contributed by atoms with Gasteiger partial charge in [-0.25, -0.2) is 4.98 Å². The van der Waals surface area contributed by atoms with Crippen LogP contribution in [0.4, 0.5) is 10.8 Å². The number of hydrogen-bond donors (Lipinski definition) is 1. The van der Waals surface area contributed by atoms with Gasteiger partial charge in [0.2, 0.25) is 0 Å². The van der Waals surface area contributed by atoms with E-state index in [0.717, 1.165) is 15.6 Å². The zero-order valence-electron chi connectivity index (χ0n) is 20.1. The van der Waals surface area contributed by atoms with Crippen molar-refractivity contribution < 1.29 is 24.4 Å². The Labute approximate surface area is 215 Å². The maximum atomic E-state index is 13.3. The zero-order valence-corrected chi connectivity index (χ0v) is 20.9. The summed E-state index contributed by atoms with van der Waals surface area (Å²) in [4.78, 5) is 43.9. The maximum absolute atomic E-state index is 13.3. The van der Waals surface area contributed by atoms with Gasteiger partial charge in [0.1, 0.15) is 11.5 Å². The normalized spacial score (nSPS) is 16.9. The third-order valence-corrected chi connectivity index (χ3v) is 7.48. The lowest BCUT2D eigenvalue weighted by Crippen LogP contribution is -2.29. The molecule has 0 aliphatic carbocycles. The Bertz CT molecular complexity index is 1600. The molecule has 3 aromatic carbocycles. The number of carbonyl (C=O) groups excluding carboxylic acids is 2. The highest BCUT2D eigenvalue weighted by atomic mass is 32.1. The fourth-order valence-corrected chi connectivity index (χ4v) is 5.27. The molecule has 37 heavy (non-hydrogen) atoms. The Hall–Kier alpha value is -4.57. The van der Waals surface area contributed by atoms with E-state index >= 15 is 0 Å². The fraction of sp³-hybridized carbons (Fsp3) is 0.148. The number of thiazole rings is 1. The van der Waals surface area contributed by atoms with Crippen molar-refractivity contribution in [3.05, 3.63) is 98.0 Å². The van der Waals surface area contributed by atoms with Crippen LogP contribution in [-0.4, -0.2) is 33.8 Å². The molecule has 1 fully saturated rings. The fourth-order valence-electron chi connectivity index (χ4n) is 4.34. The molecule has 1 unspecified atom stereocenters. The molecular formula is C27H21N3O6S. The molecule has 0 spiro atoms. The van der Waals surface area contributed by atoms with Gasteiger partial charge in [0.05, 0.1) is 29.3 Å². The van der Waals surface area contributed by atoms with Gasteiger partial charge in [-0.2, -0.15) is 0 Å². The van der Waals surface area contributed by atoms with Crippen LogP contribution in [0.1, 0.15) is 27.7 Å². The molecule has 1 amide bonds. The van der Waals surface area contributed by atoms with Gasteiger partial charge in [-0.15, -0.1) is 11.3 Å². The third-order valence-electron chi connectivity index (χ3n) is 6.41. The monoisotopic (exact) mass is 515 g/mol. The molecule has 1 saturated heterocycles. The van der Waals surface area contributed by atoms with E-state index in [-0.39, 0.29) is 17.0 Å². The van der Waals surface area contributed by atoms with Crippen molar-refractivity contribution in [3.8, 4) is 5.75 Å². The van der Waals surface area contributed by atoms with Gasteiger partial charge in [0, 0.05) is 22.6 Å². The molecule has 186 valence electrons. The Morgan fingerprint density at radius 3 is 2.35 bits per heavy atom. The first-order chi connectivity index (χ1) is 17.7. The van der Waals surface area contributed by atoms with Crippen molar-refractivity contribution in [2.45, 2.75) is 19.9 Å². The smallest absolute Gasteiger partial charge is 0.301 e. The van der Waals surface area contributed by atoms with Crippen molar-refractivity contribution in [2.24, 2.45) is 0 Å². The Morgan fingerprint density at radius 1 is 1.05 bits per heavy atom. The number of anilines is 1. The summed E-state index contributed by atoms with van der Waals surface area (Å²) < 4.78 is 5.26. The minimum absolute atomic E-state index is 0.114. The highest BCUT2D eigenvalue weighted by Gasteiger charge is 2.48. The van der Waals surface area contributed by atoms with Crippen molar-refractivity contribution in [1.29, 1.82) is 0 Å². The molecule has 1 atom stereocenters. The first-order valence-corrected chi connectivity index (χ1v) is 12.1. The largest absolute Gasteiger partial charge is 0.507 e. The quantitative estimate of drug-likeness (QED) is 0.123. The number of amides is 1. The number of ketones is 1. The van der Waals surface area contributed by atoms with Gasteiger partial charge in [-0.3, -0.25) is 24.6 Å². The second-order valence-electron chi connectivity index (χ2n) is 8.58. The maximum Gasteiger partial charge on any atom is 0.301 e. The summed E-state index contributed by atoms with van der Waals surface area (Å²) in [5.74, 6) is -1.35. The van der Waals surface area contributed by atoms with Gasteiger partial charge < -0.3 is 9.84 Å². The number of non-ortho nitro benzene ring substituents is 1. The highest BCUT2D eigenvalue weighted by Crippen LogP contribution is 2.44. The van der Waals surface area contributed by atoms with E-state index in [9.17, 15) is 24.8 Å². The van der Waals surface area contributed by atoms with E-state index in [1.165, 1.54) is 40.5 Å². The number of aryl methyl sites for hydroxylation is 2.